The number of carbonyl (C=O) groups is 2. The summed E-state index contributed by atoms with van der Waals surface area (Å²) in [5, 5.41) is 2.76. The van der Waals surface area contributed by atoms with Crippen molar-refractivity contribution in [2.45, 2.75) is 31.5 Å². The van der Waals surface area contributed by atoms with Gasteiger partial charge in [0.05, 0.1) is 6.10 Å². The highest BCUT2D eigenvalue weighted by molar-refractivity contribution is 5.88. The Bertz CT molecular complexity index is 748. The molecule has 1 amide bonds. The van der Waals surface area contributed by atoms with Crippen molar-refractivity contribution in [1.29, 1.82) is 0 Å². The maximum absolute atomic E-state index is 13.3. The lowest BCUT2D eigenvalue weighted by molar-refractivity contribution is -0.170. The first-order chi connectivity index (χ1) is 14.2. The molecular weight excluding hydrogens is 370 g/mol. The van der Waals surface area contributed by atoms with E-state index in [1.807, 2.05) is 67.6 Å². The number of carbonyl (C=O) groups excluding carboxylic acids is 2. The van der Waals surface area contributed by atoms with Crippen LogP contribution in [-0.4, -0.2) is 44.3 Å². The molecule has 1 aliphatic heterocycles. The van der Waals surface area contributed by atoms with Gasteiger partial charge in [-0.15, -0.1) is 0 Å². The predicted molar refractivity (Wildman–Crippen MR) is 108 cm³/mol. The number of hydrogen-bond donors (Lipinski definition) is 1. The minimum atomic E-state index is -1.44. The summed E-state index contributed by atoms with van der Waals surface area (Å²) in [6.07, 6.45) is 1.96. The van der Waals surface area contributed by atoms with E-state index in [-0.39, 0.29) is 18.6 Å². The summed E-state index contributed by atoms with van der Waals surface area (Å²) in [4.78, 5) is 25.4. The average molecular weight is 397 g/mol. The van der Waals surface area contributed by atoms with Gasteiger partial charge in [0.25, 0.3) is 5.91 Å². The van der Waals surface area contributed by atoms with E-state index in [1.165, 1.54) is 0 Å². The van der Waals surface area contributed by atoms with Gasteiger partial charge < -0.3 is 19.5 Å². The van der Waals surface area contributed by atoms with Gasteiger partial charge in [0.1, 0.15) is 0 Å². The van der Waals surface area contributed by atoms with Crippen molar-refractivity contribution >= 4 is 11.9 Å². The Morgan fingerprint density at radius 2 is 1.69 bits per heavy atom. The highest BCUT2D eigenvalue weighted by Crippen LogP contribution is 2.35. The van der Waals surface area contributed by atoms with Gasteiger partial charge in [0.15, 0.2) is 6.61 Å². The number of rotatable bonds is 9. The van der Waals surface area contributed by atoms with Gasteiger partial charge in [-0.25, -0.2) is 4.79 Å². The number of ether oxygens (including phenoxy) is 3. The maximum Gasteiger partial charge on any atom is 0.348 e. The highest BCUT2D eigenvalue weighted by atomic mass is 16.6. The monoisotopic (exact) mass is 397 g/mol. The highest BCUT2D eigenvalue weighted by Gasteiger charge is 2.45. The number of benzene rings is 2. The zero-order valence-corrected chi connectivity index (χ0v) is 16.6. The zero-order chi connectivity index (χ0) is 20.5. The van der Waals surface area contributed by atoms with Crippen LogP contribution in [0.15, 0.2) is 60.7 Å². The summed E-state index contributed by atoms with van der Waals surface area (Å²) in [5.74, 6) is -0.982. The van der Waals surface area contributed by atoms with Crippen molar-refractivity contribution in [2.24, 2.45) is 0 Å². The standard InChI is InChI=1S/C23H27NO5/c1-2-29-23(18-10-5-3-6-11-18,19-12-7-4-8-13-19)22(26)28-17-21(25)24-16-20-14-9-15-27-20/h3-8,10-13,20H,2,9,14-17H2,1H3,(H,24,25)/t20-/m0/s1. The molecule has 1 heterocycles. The fraction of sp³-hybridized carbons (Fsp3) is 0.391. The zero-order valence-electron chi connectivity index (χ0n) is 16.6. The summed E-state index contributed by atoms with van der Waals surface area (Å²) < 4.78 is 16.9. The Morgan fingerprint density at radius 3 is 2.21 bits per heavy atom. The molecule has 6 heteroatoms. The average Bonchev–Trinajstić information content (AvgIpc) is 3.29. The summed E-state index contributed by atoms with van der Waals surface area (Å²) in [6, 6.07) is 18.4. The lowest BCUT2D eigenvalue weighted by Crippen LogP contribution is -2.43. The molecule has 2 aromatic carbocycles. The second-order valence-electron chi connectivity index (χ2n) is 6.86. The van der Waals surface area contributed by atoms with Crippen molar-refractivity contribution in [1.82, 2.24) is 5.32 Å². The fourth-order valence-corrected chi connectivity index (χ4v) is 3.51. The third kappa shape index (κ3) is 5.02. The molecular formula is C23H27NO5. The summed E-state index contributed by atoms with van der Waals surface area (Å²) in [7, 11) is 0. The first kappa shape index (κ1) is 21.0. The fourth-order valence-electron chi connectivity index (χ4n) is 3.51. The van der Waals surface area contributed by atoms with Crippen LogP contribution in [0, 0.1) is 0 Å². The van der Waals surface area contributed by atoms with E-state index in [2.05, 4.69) is 5.32 Å². The molecule has 0 saturated carbocycles. The molecule has 29 heavy (non-hydrogen) atoms. The lowest BCUT2D eigenvalue weighted by atomic mass is 9.86. The van der Waals surface area contributed by atoms with Gasteiger partial charge in [-0.05, 0) is 30.9 Å². The SMILES string of the molecule is CCOC(C(=O)OCC(=O)NC[C@@H]1CCCO1)(c1ccccc1)c1ccccc1. The van der Waals surface area contributed by atoms with Crippen LogP contribution < -0.4 is 5.32 Å². The van der Waals surface area contributed by atoms with Crippen molar-refractivity contribution in [3.05, 3.63) is 71.8 Å². The summed E-state index contributed by atoms with van der Waals surface area (Å²) in [6.45, 7) is 2.89. The Balaban J connectivity index is 1.76. The van der Waals surface area contributed by atoms with Gasteiger partial charge in [0, 0.05) is 19.8 Å². The van der Waals surface area contributed by atoms with Gasteiger partial charge in [-0.1, -0.05) is 60.7 Å². The minimum Gasteiger partial charge on any atom is -0.453 e. The van der Waals surface area contributed by atoms with E-state index in [9.17, 15) is 9.59 Å². The van der Waals surface area contributed by atoms with Gasteiger partial charge >= 0.3 is 5.97 Å². The molecule has 3 rings (SSSR count). The number of hydrogen-bond acceptors (Lipinski definition) is 5. The van der Waals surface area contributed by atoms with Crippen LogP contribution in [0.3, 0.4) is 0 Å². The molecule has 154 valence electrons. The van der Waals surface area contributed by atoms with Crippen LogP contribution in [0.5, 0.6) is 0 Å². The number of nitrogens with one attached hydrogen (secondary N) is 1. The molecule has 0 radical (unpaired) electrons. The molecule has 0 bridgehead atoms. The van der Waals surface area contributed by atoms with Crippen LogP contribution in [0.1, 0.15) is 30.9 Å². The second-order valence-corrected chi connectivity index (χ2v) is 6.86. The first-order valence-corrected chi connectivity index (χ1v) is 9.97. The normalized spacial score (nSPS) is 16.4. The Morgan fingerprint density at radius 1 is 1.07 bits per heavy atom. The van der Waals surface area contributed by atoms with E-state index in [4.69, 9.17) is 14.2 Å². The van der Waals surface area contributed by atoms with Crippen LogP contribution in [0.2, 0.25) is 0 Å². The van der Waals surface area contributed by atoms with Gasteiger partial charge in [0.2, 0.25) is 5.60 Å². The molecule has 1 atom stereocenters. The predicted octanol–water partition coefficient (Wildman–Crippen LogP) is 2.81. The molecule has 1 saturated heterocycles. The van der Waals surface area contributed by atoms with Crippen molar-refractivity contribution in [2.75, 3.05) is 26.4 Å². The van der Waals surface area contributed by atoms with E-state index in [0.717, 1.165) is 19.4 Å². The van der Waals surface area contributed by atoms with Crippen molar-refractivity contribution in [3.63, 3.8) is 0 Å². The Hall–Kier alpha value is -2.70. The van der Waals surface area contributed by atoms with Gasteiger partial charge in [-0.3, -0.25) is 4.79 Å². The second kappa shape index (κ2) is 10.2. The van der Waals surface area contributed by atoms with Crippen molar-refractivity contribution in [3.8, 4) is 0 Å². The van der Waals surface area contributed by atoms with Crippen molar-refractivity contribution < 1.29 is 23.8 Å². The number of amides is 1. The molecule has 0 aromatic heterocycles. The molecule has 0 unspecified atom stereocenters. The third-order valence-corrected chi connectivity index (χ3v) is 4.89. The van der Waals surface area contributed by atoms with Crippen LogP contribution >= 0.6 is 0 Å². The first-order valence-electron chi connectivity index (χ1n) is 9.97. The Labute approximate surface area is 171 Å². The minimum absolute atomic E-state index is 0.0332. The number of esters is 1. The topological polar surface area (TPSA) is 73.9 Å². The molecule has 0 aliphatic carbocycles. The molecule has 2 aromatic rings. The third-order valence-electron chi connectivity index (χ3n) is 4.89. The maximum atomic E-state index is 13.3. The van der Waals surface area contributed by atoms with E-state index >= 15 is 0 Å². The molecule has 6 nitrogen and oxygen atoms in total. The largest absolute Gasteiger partial charge is 0.453 e. The summed E-state index contributed by atoms with van der Waals surface area (Å²) in [5.41, 5.74) is -0.137. The molecule has 1 N–H and O–H groups in total. The smallest absolute Gasteiger partial charge is 0.348 e. The lowest BCUT2D eigenvalue weighted by Gasteiger charge is -2.32. The van der Waals surface area contributed by atoms with Crippen LogP contribution in [0.4, 0.5) is 0 Å². The molecule has 1 fully saturated rings. The summed E-state index contributed by atoms with van der Waals surface area (Å²) >= 11 is 0. The van der Waals surface area contributed by atoms with E-state index in [0.29, 0.717) is 24.3 Å². The van der Waals surface area contributed by atoms with E-state index in [1.54, 1.807) is 0 Å². The Kier molecular flexibility index (Phi) is 7.38. The molecule has 0 spiro atoms. The van der Waals surface area contributed by atoms with Gasteiger partial charge in [-0.2, -0.15) is 0 Å². The molecule has 1 aliphatic rings. The van der Waals surface area contributed by atoms with E-state index < -0.39 is 11.6 Å². The van der Waals surface area contributed by atoms with Crippen LogP contribution in [0.25, 0.3) is 0 Å². The van der Waals surface area contributed by atoms with Crippen LogP contribution in [-0.2, 0) is 29.4 Å². The quantitative estimate of drug-likeness (QED) is 0.659.